The third-order valence-electron chi connectivity index (χ3n) is 3.77. The van der Waals surface area contributed by atoms with Crippen molar-refractivity contribution in [2.24, 2.45) is 7.05 Å². The molecule has 148 valence electrons. The number of sulfonamides is 1. The van der Waals surface area contributed by atoms with Gasteiger partial charge < -0.3 is 9.30 Å². The topological polar surface area (TPSA) is 89.4 Å². The first kappa shape index (κ1) is 19.5. The molecular formula is C17H14F3N3O4S. The maximum absolute atomic E-state index is 12.5. The van der Waals surface area contributed by atoms with Crippen LogP contribution in [0.15, 0.2) is 54.6 Å². The fraction of sp³-hybridized carbons (Fsp3) is 0.118. The molecule has 7 nitrogen and oxygen atoms in total. The predicted octanol–water partition coefficient (Wildman–Crippen LogP) is 4.05. The van der Waals surface area contributed by atoms with E-state index in [0.717, 1.165) is 0 Å². The van der Waals surface area contributed by atoms with Crippen molar-refractivity contribution in [3.63, 3.8) is 0 Å². The van der Waals surface area contributed by atoms with Crippen LogP contribution in [0.5, 0.6) is 5.88 Å². The summed E-state index contributed by atoms with van der Waals surface area (Å²) in [7, 11) is -3.94. The first-order valence-corrected chi connectivity index (χ1v) is 9.27. The molecule has 0 aliphatic heterocycles. The van der Waals surface area contributed by atoms with Gasteiger partial charge in [-0.05, 0) is 30.3 Å². The molecule has 3 rings (SSSR count). The first-order chi connectivity index (χ1) is 13.1. The van der Waals surface area contributed by atoms with Gasteiger partial charge in [-0.25, -0.2) is 4.79 Å². The molecule has 0 bridgehead atoms. The number of hydrogen-bond acceptors (Lipinski definition) is 4. The van der Waals surface area contributed by atoms with E-state index in [1.54, 1.807) is 37.4 Å². The predicted molar refractivity (Wildman–Crippen MR) is 97.6 cm³/mol. The quantitative estimate of drug-likeness (QED) is 0.675. The van der Waals surface area contributed by atoms with Crippen molar-refractivity contribution in [1.29, 1.82) is 0 Å². The highest BCUT2D eigenvalue weighted by Gasteiger charge is 2.46. The lowest BCUT2D eigenvalue weighted by Gasteiger charge is -2.10. The molecule has 3 aromatic rings. The van der Waals surface area contributed by atoms with Crippen molar-refractivity contribution in [3.8, 4) is 5.88 Å². The SMILES string of the molecule is Cn1c(OC(=O)Nc2ccccc2)cc2cc(NS(=O)(=O)C(F)(F)F)ccc21. The van der Waals surface area contributed by atoms with Crippen molar-refractivity contribution >= 4 is 38.4 Å². The summed E-state index contributed by atoms with van der Waals surface area (Å²) in [5.41, 5.74) is -4.65. The highest BCUT2D eigenvalue weighted by Crippen LogP contribution is 2.30. The van der Waals surface area contributed by atoms with E-state index < -0.39 is 21.6 Å². The van der Waals surface area contributed by atoms with E-state index in [4.69, 9.17) is 4.74 Å². The number of para-hydroxylation sites is 1. The zero-order valence-electron chi connectivity index (χ0n) is 14.3. The van der Waals surface area contributed by atoms with E-state index in [2.05, 4.69) is 5.32 Å². The fourth-order valence-corrected chi connectivity index (χ4v) is 3.01. The number of amides is 1. The minimum Gasteiger partial charge on any atom is -0.393 e. The number of aryl methyl sites for hydroxylation is 1. The van der Waals surface area contributed by atoms with Crippen LogP contribution in [0, 0.1) is 0 Å². The Bertz CT molecular complexity index is 1130. The van der Waals surface area contributed by atoms with Crippen molar-refractivity contribution < 1.29 is 31.1 Å². The zero-order chi connectivity index (χ0) is 20.5. The smallest absolute Gasteiger partial charge is 0.393 e. The number of ether oxygens (including phenoxy) is 1. The van der Waals surface area contributed by atoms with Crippen LogP contribution < -0.4 is 14.8 Å². The lowest BCUT2D eigenvalue weighted by atomic mass is 10.2. The van der Waals surface area contributed by atoms with Gasteiger partial charge in [0.05, 0.1) is 5.52 Å². The minimum atomic E-state index is -5.53. The molecule has 0 spiro atoms. The summed E-state index contributed by atoms with van der Waals surface area (Å²) in [5.74, 6) is 0.124. The Balaban J connectivity index is 1.82. The number of hydrogen-bond donors (Lipinski definition) is 2. The maximum atomic E-state index is 12.5. The summed E-state index contributed by atoms with van der Waals surface area (Å²) in [6.07, 6.45) is -0.755. The van der Waals surface area contributed by atoms with E-state index in [9.17, 15) is 26.4 Å². The molecule has 0 unspecified atom stereocenters. The van der Waals surface area contributed by atoms with Crippen molar-refractivity contribution in [3.05, 3.63) is 54.6 Å². The molecule has 0 radical (unpaired) electrons. The fourth-order valence-electron chi connectivity index (χ4n) is 2.46. The number of nitrogens with zero attached hydrogens (tertiary/aromatic N) is 1. The Morgan fingerprint density at radius 3 is 2.36 bits per heavy atom. The number of carbonyl (C=O) groups is 1. The third-order valence-corrected chi connectivity index (χ3v) is 4.89. The number of alkyl halides is 3. The second kappa shape index (κ2) is 7.08. The Hall–Kier alpha value is -3.21. The van der Waals surface area contributed by atoms with Gasteiger partial charge in [-0.15, -0.1) is 0 Å². The van der Waals surface area contributed by atoms with Crippen molar-refractivity contribution in [1.82, 2.24) is 4.57 Å². The molecule has 2 aromatic carbocycles. The van der Waals surface area contributed by atoms with Gasteiger partial charge in [0, 0.05) is 29.9 Å². The molecule has 0 saturated heterocycles. The molecule has 0 aliphatic rings. The average Bonchev–Trinajstić information content (AvgIpc) is 2.89. The number of halogens is 3. The van der Waals surface area contributed by atoms with Crippen LogP contribution in [0.3, 0.4) is 0 Å². The van der Waals surface area contributed by atoms with E-state index in [-0.39, 0.29) is 11.6 Å². The van der Waals surface area contributed by atoms with Gasteiger partial charge in [0.25, 0.3) is 0 Å². The number of fused-ring (bicyclic) bond motifs is 1. The zero-order valence-corrected chi connectivity index (χ0v) is 15.1. The molecule has 0 saturated carbocycles. The molecule has 0 atom stereocenters. The number of carbonyl (C=O) groups excluding carboxylic acids is 1. The lowest BCUT2D eigenvalue weighted by molar-refractivity contribution is -0.0429. The van der Waals surface area contributed by atoms with Gasteiger partial charge in [0.2, 0.25) is 5.88 Å². The van der Waals surface area contributed by atoms with Gasteiger partial charge in [-0.2, -0.15) is 21.6 Å². The maximum Gasteiger partial charge on any atom is 0.516 e. The molecule has 28 heavy (non-hydrogen) atoms. The number of rotatable bonds is 4. The second-order valence-electron chi connectivity index (χ2n) is 5.75. The van der Waals surface area contributed by atoms with Gasteiger partial charge in [0.15, 0.2) is 0 Å². The monoisotopic (exact) mass is 413 g/mol. The standard InChI is InChI=1S/C17H14F3N3O4S/c1-23-14-8-7-13(22-28(25,26)17(18,19)20)9-11(14)10-15(23)27-16(24)21-12-5-3-2-4-6-12/h2-10,22H,1H3,(H,21,24). The van der Waals surface area contributed by atoms with Crippen molar-refractivity contribution in [2.45, 2.75) is 5.51 Å². The molecule has 1 amide bonds. The Morgan fingerprint density at radius 1 is 1.04 bits per heavy atom. The Morgan fingerprint density at radius 2 is 1.71 bits per heavy atom. The highest BCUT2D eigenvalue weighted by molar-refractivity contribution is 7.93. The average molecular weight is 413 g/mol. The normalized spacial score (nSPS) is 12.0. The van der Waals surface area contributed by atoms with E-state index >= 15 is 0 Å². The molecular weight excluding hydrogens is 399 g/mol. The van der Waals surface area contributed by atoms with E-state index in [0.29, 0.717) is 16.6 Å². The van der Waals surface area contributed by atoms with Crippen LogP contribution in [0.2, 0.25) is 0 Å². The van der Waals surface area contributed by atoms with Gasteiger partial charge in [0.1, 0.15) is 0 Å². The third kappa shape index (κ3) is 4.03. The highest BCUT2D eigenvalue weighted by atomic mass is 32.2. The van der Waals surface area contributed by atoms with Crippen LogP contribution in [0.4, 0.5) is 29.3 Å². The van der Waals surface area contributed by atoms with Crippen LogP contribution in [0.25, 0.3) is 10.9 Å². The summed E-state index contributed by atoms with van der Waals surface area (Å²) < 4.78 is 68.2. The van der Waals surface area contributed by atoms with Gasteiger partial charge in [-0.3, -0.25) is 10.0 Å². The molecule has 0 fully saturated rings. The van der Waals surface area contributed by atoms with Crippen molar-refractivity contribution in [2.75, 3.05) is 10.0 Å². The first-order valence-electron chi connectivity index (χ1n) is 7.79. The van der Waals surface area contributed by atoms with Crippen LogP contribution in [-0.4, -0.2) is 24.6 Å². The summed E-state index contributed by atoms with van der Waals surface area (Å²) in [5, 5.41) is 2.91. The summed E-state index contributed by atoms with van der Waals surface area (Å²) >= 11 is 0. The number of benzene rings is 2. The number of nitrogens with one attached hydrogen (secondary N) is 2. The van der Waals surface area contributed by atoms with Gasteiger partial charge in [-0.1, -0.05) is 18.2 Å². The molecule has 2 N–H and O–H groups in total. The van der Waals surface area contributed by atoms with Crippen LogP contribution in [-0.2, 0) is 17.1 Å². The summed E-state index contributed by atoms with van der Waals surface area (Å²) in [4.78, 5) is 12.0. The van der Waals surface area contributed by atoms with E-state index in [1.165, 1.54) is 33.6 Å². The van der Waals surface area contributed by atoms with Gasteiger partial charge >= 0.3 is 21.6 Å². The number of anilines is 2. The van der Waals surface area contributed by atoms with Crippen LogP contribution >= 0.6 is 0 Å². The molecule has 1 aromatic heterocycles. The summed E-state index contributed by atoms with van der Waals surface area (Å²) in [6, 6.07) is 13.8. The largest absolute Gasteiger partial charge is 0.516 e. The van der Waals surface area contributed by atoms with E-state index in [1.807, 2.05) is 0 Å². The Labute approximate surface area is 157 Å². The second-order valence-corrected chi connectivity index (χ2v) is 7.42. The molecule has 0 aliphatic carbocycles. The number of aromatic nitrogens is 1. The van der Waals surface area contributed by atoms with Crippen LogP contribution in [0.1, 0.15) is 0 Å². The molecule has 1 heterocycles. The summed E-state index contributed by atoms with van der Waals surface area (Å²) in [6.45, 7) is 0. The molecule has 11 heteroatoms. The Kier molecular flexibility index (Phi) is 4.94. The lowest BCUT2D eigenvalue weighted by Crippen LogP contribution is -2.29. The minimum absolute atomic E-state index is 0.124.